The van der Waals surface area contributed by atoms with Crippen molar-refractivity contribution in [2.24, 2.45) is 5.92 Å². The standard InChI is InChI=1S/C19H19N11O/c31-19(23-15-3-5-16(6-4-15)29-13-21-26-27-29)14-2-1-9-28(10-14)17-7-8-18(25-24-17)30-12-20-11-22-30/h3-8,11-14H,1-2,9-10H2,(H,23,31)/t14-/m1/s1. The summed E-state index contributed by atoms with van der Waals surface area (Å²) in [7, 11) is 0. The number of carbonyl (C=O) groups excluding carboxylic acids is 1. The minimum Gasteiger partial charge on any atom is -0.354 e. The number of aromatic nitrogens is 9. The molecule has 1 aliphatic rings. The maximum Gasteiger partial charge on any atom is 0.229 e. The van der Waals surface area contributed by atoms with Crippen LogP contribution in [0, 0.1) is 5.92 Å². The van der Waals surface area contributed by atoms with Gasteiger partial charge in [-0.05, 0) is 59.7 Å². The van der Waals surface area contributed by atoms with Crippen LogP contribution in [0.2, 0.25) is 0 Å². The highest BCUT2D eigenvalue weighted by molar-refractivity contribution is 5.93. The van der Waals surface area contributed by atoms with Crippen molar-refractivity contribution in [3.05, 3.63) is 55.4 Å². The maximum atomic E-state index is 12.8. The molecule has 4 heterocycles. The van der Waals surface area contributed by atoms with E-state index in [1.165, 1.54) is 12.7 Å². The molecular weight excluding hydrogens is 398 g/mol. The zero-order chi connectivity index (χ0) is 21.0. The minimum absolute atomic E-state index is 0.00735. The number of carbonyl (C=O) groups is 1. The van der Waals surface area contributed by atoms with Crippen LogP contribution in [0.5, 0.6) is 0 Å². The third-order valence-corrected chi connectivity index (χ3v) is 5.15. The molecule has 0 unspecified atom stereocenters. The molecule has 0 radical (unpaired) electrons. The normalized spacial score (nSPS) is 16.3. The van der Waals surface area contributed by atoms with Crippen LogP contribution < -0.4 is 10.2 Å². The summed E-state index contributed by atoms with van der Waals surface area (Å²) < 4.78 is 3.10. The number of nitrogens with one attached hydrogen (secondary N) is 1. The van der Waals surface area contributed by atoms with E-state index in [9.17, 15) is 4.79 Å². The van der Waals surface area contributed by atoms with Gasteiger partial charge in [-0.25, -0.2) is 14.3 Å². The van der Waals surface area contributed by atoms with E-state index >= 15 is 0 Å². The minimum atomic E-state index is -0.135. The summed E-state index contributed by atoms with van der Waals surface area (Å²) in [5, 5.41) is 26.7. The highest BCUT2D eigenvalue weighted by atomic mass is 16.1. The van der Waals surface area contributed by atoms with E-state index in [1.54, 1.807) is 15.7 Å². The average Bonchev–Trinajstić information content (AvgIpc) is 3.55. The molecule has 3 aromatic heterocycles. The molecule has 0 saturated carbocycles. The highest BCUT2D eigenvalue weighted by Gasteiger charge is 2.27. The van der Waals surface area contributed by atoms with E-state index in [0.717, 1.165) is 36.6 Å². The molecule has 1 fully saturated rings. The molecule has 4 aromatic rings. The fourth-order valence-corrected chi connectivity index (χ4v) is 3.56. The van der Waals surface area contributed by atoms with Gasteiger partial charge in [0, 0.05) is 18.8 Å². The molecule has 0 aliphatic carbocycles. The van der Waals surface area contributed by atoms with E-state index in [0.29, 0.717) is 12.4 Å². The fraction of sp³-hybridized carbons (Fsp3) is 0.263. The Hall–Kier alpha value is -4.22. The van der Waals surface area contributed by atoms with Gasteiger partial charge in [-0.15, -0.1) is 15.3 Å². The summed E-state index contributed by atoms with van der Waals surface area (Å²) in [6.45, 7) is 1.42. The maximum absolute atomic E-state index is 12.8. The van der Waals surface area contributed by atoms with Crippen LogP contribution in [0.4, 0.5) is 11.5 Å². The summed E-state index contributed by atoms with van der Waals surface area (Å²) in [6.07, 6.45) is 6.27. The van der Waals surface area contributed by atoms with E-state index in [1.807, 2.05) is 36.4 Å². The molecule has 12 heteroatoms. The number of amides is 1. The summed E-state index contributed by atoms with van der Waals surface area (Å²) in [4.78, 5) is 18.8. The van der Waals surface area contributed by atoms with Crippen LogP contribution in [0.15, 0.2) is 55.4 Å². The van der Waals surface area contributed by atoms with Gasteiger partial charge in [0.25, 0.3) is 0 Å². The lowest BCUT2D eigenvalue weighted by molar-refractivity contribution is -0.120. The van der Waals surface area contributed by atoms with E-state index < -0.39 is 0 Å². The number of rotatable bonds is 5. The third kappa shape index (κ3) is 4.08. The lowest BCUT2D eigenvalue weighted by Crippen LogP contribution is -2.41. The number of tetrazole rings is 1. The second kappa shape index (κ2) is 8.26. The lowest BCUT2D eigenvalue weighted by atomic mass is 9.97. The van der Waals surface area contributed by atoms with Gasteiger partial charge in [0.05, 0.1) is 11.6 Å². The molecule has 1 atom stereocenters. The van der Waals surface area contributed by atoms with E-state index in [-0.39, 0.29) is 11.8 Å². The van der Waals surface area contributed by atoms with Gasteiger partial charge >= 0.3 is 0 Å². The van der Waals surface area contributed by atoms with Crippen molar-refractivity contribution in [2.45, 2.75) is 12.8 Å². The van der Waals surface area contributed by atoms with E-state index in [4.69, 9.17) is 0 Å². The molecule has 31 heavy (non-hydrogen) atoms. The Morgan fingerprint density at radius 1 is 1.00 bits per heavy atom. The first-order chi connectivity index (χ1) is 15.3. The van der Waals surface area contributed by atoms with Crippen LogP contribution >= 0.6 is 0 Å². The summed E-state index contributed by atoms with van der Waals surface area (Å²) in [5.74, 6) is 1.20. The number of anilines is 2. The van der Waals surface area contributed by atoms with Crippen molar-refractivity contribution in [1.29, 1.82) is 0 Å². The first kappa shape index (κ1) is 18.8. The van der Waals surface area contributed by atoms with Gasteiger partial charge in [0.15, 0.2) is 11.6 Å². The molecule has 5 rings (SSSR count). The Morgan fingerprint density at radius 3 is 2.55 bits per heavy atom. The van der Waals surface area contributed by atoms with Gasteiger partial charge < -0.3 is 10.2 Å². The number of benzene rings is 1. The summed E-state index contributed by atoms with van der Waals surface area (Å²) in [5.41, 5.74) is 1.55. The van der Waals surface area contributed by atoms with Crippen LogP contribution in [0.25, 0.3) is 11.5 Å². The van der Waals surface area contributed by atoms with Crippen molar-refractivity contribution in [1.82, 2.24) is 45.2 Å². The highest BCUT2D eigenvalue weighted by Crippen LogP contribution is 2.23. The molecule has 1 amide bonds. The zero-order valence-electron chi connectivity index (χ0n) is 16.5. The molecule has 1 aliphatic heterocycles. The SMILES string of the molecule is O=C(Nc1ccc(-n2cnnn2)cc1)[C@@H]1CCCN(c2ccc(-n3cncn3)nn2)C1. The first-order valence-corrected chi connectivity index (χ1v) is 9.84. The topological polar surface area (TPSA) is 132 Å². The quantitative estimate of drug-likeness (QED) is 0.502. The van der Waals surface area contributed by atoms with Crippen LogP contribution in [-0.4, -0.2) is 64.2 Å². The van der Waals surface area contributed by atoms with Crippen molar-refractivity contribution >= 4 is 17.4 Å². The smallest absolute Gasteiger partial charge is 0.229 e. The number of hydrogen-bond acceptors (Lipinski definition) is 9. The van der Waals surface area contributed by atoms with Gasteiger partial charge in [0.1, 0.15) is 19.0 Å². The lowest BCUT2D eigenvalue weighted by Gasteiger charge is -2.32. The molecule has 1 N–H and O–H groups in total. The Bertz CT molecular complexity index is 1120. The van der Waals surface area contributed by atoms with Gasteiger partial charge in [-0.3, -0.25) is 4.79 Å². The number of nitrogens with zero attached hydrogens (tertiary/aromatic N) is 10. The zero-order valence-corrected chi connectivity index (χ0v) is 16.5. The second-order valence-corrected chi connectivity index (χ2v) is 7.17. The Kier molecular flexibility index (Phi) is 5.01. The largest absolute Gasteiger partial charge is 0.354 e. The summed E-state index contributed by atoms with van der Waals surface area (Å²) >= 11 is 0. The summed E-state index contributed by atoms with van der Waals surface area (Å²) in [6, 6.07) is 11.1. The van der Waals surface area contributed by atoms with Gasteiger partial charge in [-0.2, -0.15) is 5.10 Å². The van der Waals surface area contributed by atoms with Crippen molar-refractivity contribution in [3.8, 4) is 11.5 Å². The van der Waals surface area contributed by atoms with Crippen LogP contribution in [0.3, 0.4) is 0 Å². The molecule has 12 nitrogen and oxygen atoms in total. The molecule has 0 bridgehead atoms. The molecule has 1 saturated heterocycles. The predicted octanol–water partition coefficient (Wildman–Crippen LogP) is 0.888. The fourth-order valence-electron chi connectivity index (χ4n) is 3.56. The molecular formula is C19H19N11O. The first-order valence-electron chi connectivity index (χ1n) is 9.84. The van der Waals surface area contributed by atoms with Crippen molar-refractivity contribution in [2.75, 3.05) is 23.3 Å². The Morgan fingerprint density at radius 2 is 1.84 bits per heavy atom. The predicted molar refractivity (Wildman–Crippen MR) is 110 cm³/mol. The molecule has 1 aromatic carbocycles. The van der Waals surface area contributed by atoms with Crippen LogP contribution in [-0.2, 0) is 4.79 Å². The van der Waals surface area contributed by atoms with Crippen molar-refractivity contribution < 1.29 is 4.79 Å². The number of hydrogen-bond donors (Lipinski definition) is 1. The van der Waals surface area contributed by atoms with Crippen LogP contribution in [0.1, 0.15) is 12.8 Å². The average molecular weight is 417 g/mol. The van der Waals surface area contributed by atoms with Crippen molar-refractivity contribution in [3.63, 3.8) is 0 Å². The van der Waals surface area contributed by atoms with Gasteiger partial charge in [-0.1, -0.05) is 0 Å². The second-order valence-electron chi connectivity index (χ2n) is 7.17. The molecule has 156 valence electrons. The third-order valence-electron chi connectivity index (χ3n) is 5.15. The molecule has 0 spiro atoms. The Balaban J connectivity index is 1.22. The number of piperidine rings is 1. The van der Waals surface area contributed by atoms with Gasteiger partial charge in [0.2, 0.25) is 5.91 Å². The van der Waals surface area contributed by atoms with E-state index in [2.05, 4.69) is 46.0 Å². The monoisotopic (exact) mass is 417 g/mol. The Labute approximate surface area is 176 Å².